The van der Waals surface area contributed by atoms with E-state index in [1.54, 1.807) is 6.07 Å². The second-order valence-electron chi connectivity index (χ2n) is 4.64. The number of nitrogens with one attached hydrogen (secondary N) is 1. The van der Waals surface area contributed by atoms with Crippen LogP contribution in [0.2, 0.25) is 0 Å². The number of carbonyl (C=O) groups excluding carboxylic acids is 1. The predicted octanol–water partition coefficient (Wildman–Crippen LogP) is 2.01. The first-order valence-electron chi connectivity index (χ1n) is 6.69. The number of nitrogens with zero attached hydrogens (tertiary/aromatic N) is 1. The molecule has 0 spiro atoms. The van der Waals surface area contributed by atoms with Gasteiger partial charge in [-0.15, -0.1) is 0 Å². The van der Waals surface area contributed by atoms with Gasteiger partial charge in [0.05, 0.1) is 11.8 Å². The molecule has 0 radical (unpaired) electrons. The molecule has 2 aromatic rings. The first-order valence-corrected chi connectivity index (χ1v) is 6.69. The fraction of sp³-hybridized carbons (Fsp3) is 0.333. The fourth-order valence-electron chi connectivity index (χ4n) is 2.13. The summed E-state index contributed by atoms with van der Waals surface area (Å²) in [6.45, 7) is 1.86. The molecule has 1 heterocycles. The quantitative estimate of drug-likeness (QED) is 0.884. The predicted molar refractivity (Wildman–Crippen MR) is 74.3 cm³/mol. The van der Waals surface area contributed by atoms with Gasteiger partial charge < -0.3 is 14.9 Å². The van der Waals surface area contributed by atoms with Gasteiger partial charge in [-0.2, -0.15) is 0 Å². The Morgan fingerprint density at radius 1 is 1.52 bits per heavy atom. The van der Waals surface area contributed by atoms with Crippen molar-refractivity contribution in [2.45, 2.75) is 25.9 Å². The van der Waals surface area contributed by atoms with E-state index in [0.717, 1.165) is 0 Å². The van der Waals surface area contributed by atoms with Crippen LogP contribution in [0.25, 0.3) is 0 Å². The molecule has 21 heavy (non-hydrogen) atoms. The molecule has 0 aliphatic rings. The lowest BCUT2D eigenvalue weighted by Crippen LogP contribution is -2.20. The average Bonchev–Trinajstić information content (AvgIpc) is 2.89. The Labute approximate surface area is 121 Å². The highest BCUT2D eigenvalue weighted by molar-refractivity contribution is 5.96. The number of halogens is 1. The number of aryl methyl sites for hydroxylation is 1. The normalized spacial score (nSPS) is 12.2. The maximum Gasteiger partial charge on any atom is 0.256 e. The minimum atomic E-state index is -0.971. The highest BCUT2D eigenvalue weighted by Crippen LogP contribution is 2.23. The summed E-state index contributed by atoms with van der Waals surface area (Å²) in [7, 11) is 1.52. The summed E-state index contributed by atoms with van der Waals surface area (Å²) in [4.78, 5) is 11.9. The van der Waals surface area contributed by atoms with Crippen molar-refractivity contribution in [3.05, 3.63) is 52.7 Å². The van der Waals surface area contributed by atoms with Gasteiger partial charge in [-0.1, -0.05) is 24.2 Å². The molecule has 2 N–H and O–H groups in total. The summed E-state index contributed by atoms with van der Waals surface area (Å²) in [6.07, 6.45) is -0.372. The van der Waals surface area contributed by atoms with Crippen LogP contribution in [-0.4, -0.2) is 23.2 Å². The standard InChI is InChI=1S/C15H17FN2O3/c1-3-11-14(15(20)17-2)13(21-18-11)8-12(19)9-5-4-6-10(16)7-9/h4-7,12,19H,3,8H2,1-2H3,(H,17,20). The van der Waals surface area contributed by atoms with Gasteiger partial charge >= 0.3 is 0 Å². The van der Waals surface area contributed by atoms with Crippen LogP contribution in [0.3, 0.4) is 0 Å². The van der Waals surface area contributed by atoms with E-state index in [4.69, 9.17) is 4.52 Å². The van der Waals surface area contributed by atoms with E-state index in [-0.39, 0.29) is 12.3 Å². The van der Waals surface area contributed by atoms with E-state index in [9.17, 15) is 14.3 Å². The van der Waals surface area contributed by atoms with Gasteiger partial charge in [0, 0.05) is 13.5 Å². The summed E-state index contributed by atoms with van der Waals surface area (Å²) in [5, 5.41) is 16.5. The molecular formula is C15H17FN2O3. The van der Waals surface area contributed by atoms with E-state index in [2.05, 4.69) is 10.5 Å². The Hall–Kier alpha value is -2.21. The van der Waals surface area contributed by atoms with Crippen LogP contribution in [0.15, 0.2) is 28.8 Å². The van der Waals surface area contributed by atoms with Crippen LogP contribution in [0.4, 0.5) is 4.39 Å². The molecule has 0 aliphatic heterocycles. The highest BCUT2D eigenvalue weighted by atomic mass is 19.1. The third kappa shape index (κ3) is 3.28. The maximum atomic E-state index is 13.2. The number of aliphatic hydroxyl groups excluding tert-OH is 1. The van der Waals surface area contributed by atoms with Gasteiger partial charge in [-0.3, -0.25) is 4.79 Å². The van der Waals surface area contributed by atoms with E-state index in [1.807, 2.05) is 6.92 Å². The van der Waals surface area contributed by atoms with Crippen LogP contribution >= 0.6 is 0 Å². The van der Waals surface area contributed by atoms with Gasteiger partial charge in [0.25, 0.3) is 5.91 Å². The van der Waals surface area contributed by atoms with Gasteiger partial charge in [-0.25, -0.2) is 4.39 Å². The molecule has 0 saturated heterocycles. The van der Waals surface area contributed by atoms with Crippen molar-refractivity contribution in [3.63, 3.8) is 0 Å². The minimum Gasteiger partial charge on any atom is -0.388 e. The smallest absolute Gasteiger partial charge is 0.256 e. The van der Waals surface area contributed by atoms with Crippen molar-refractivity contribution in [1.29, 1.82) is 0 Å². The molecular weight excluding hydrogens is 275 g/mol. The molecule has 5 nitrogen and oxygen atoms in total. The van der Waals surface area contributed by atoms with Crippen molar-refractivity contribution < 1.29 is 18.8 Å². The van der Waals surface area contributed by atoms with Gasteiger partial charge in [0.2, 0.25) is 0 Å². The molecule has 1 aromatic heterocycles. The number of rotatable bonds is 5. The fourth-order valence-corrected chi connectivity index (χ4v) is 2.13. The molecule has 1 unspecified atom stereocenters. The number of amides is 1. The lowest BCUT2D eigenvalue weighted by atomic mass is 10.0. The molecule has 1 amide bonds. The number of hydrogen-bond acceptors (Lipinski definition) is 4. The first kappa shape index (κ1) is 15.2. The van der Waals surface area contributed by atoms with Gasteiger partial charge in [0.15, 0.2) is 5.76 Å². The molecule has 0 bridgehead atoms. The molecule has 0 aliphatic carbocycles. The second-order valence-corrected chi connectivity index (χ2v) is 4.64. The van der Waals surface area contributed by atoms with E-state index in [1.165, 1.54) is 25.2 Å². The first-order chi connectivity index (χ1) is 10.1. The minimum absolute atomic E-state index is 0.0548. The molecule has 112 valence electrons. The third-order valence-corrected chi connectivity index (χ3v) is 3.23. The average molecular weight is 292 g/mol. The molecule has 1 aromatic carbocycles. The topological polar surface area (TPSA) is 75.4 Å². The number of hydrogen-bond donors (Lipinski definition) is 2. The van der Waals surface area contributed by atoms with Crippen LogP contribution in [0.5, 0.6) is 0 Å². The van der Waals surface area contributed by atoms with Crippen molar-refractivity contribution in [2.24, 2.45) is 0 Å². The van der Waals surface area contributed by atoms with E-state index >= 15 is 0 Å². The molecule has 2 rings (SSSR count). The van der Waals surface area contributed by atoms with E-state index in [0.29, 0.717) is 29.0 Å². The lowest BCUT2D eigenvalue weighted by Gasteiger charge is -2.10. The summed E-state index contributed by atoms with van der Waals surface area (Å²) >= 11 is 0. The second kappa shape index (κ2) is 6.49. The van der Waals surface area contributed by atoms with Gasteiger partial charge in [0.1, 0.15) is 11.4 Å². The van der Waals surface area contributed by atoms with Crippen LogP contribution in [-0.2, 0) is 12.8 Å². The highest BCUT2D eigenvalue weighted by Gasteiger charge is 2.23. The Morgan fingerprint density at radius 3 is 2.90 bits per heavy atom. The Kier molecular flexibility index (Phi) is 4.70. The third-order valence-electron chi connectivity index (χ3n) is 3.23. The monoisotopic (exact) mass is 292 g/mol. The van der Waals surface area contributed by atoms with Gasteiger partial charge in [-0.05, 0) is 24.1 Å². The van der Waals surface area contributed by atoms with Crippen LogP contribution < -0.4 is 5.32 Å². The molecule has 0 fully saturated rings. The van der Waals surface area contributed by atoms with Crippen molar-refractivity contribution in [2.75, 3.05) is 7.05 Å². The number of aliphatic hydroxyl groups is 1. The summed E-state index contributed by atoms with van der Waals surface area (Å²) < 4.78 is 18.3. The van der Waals surface area contributed by atoms with Crippen LogP contribution in [0.1, 0.15) is 40.4 Å². The summed E-state index contributed by atoms with van der Waals surface area (Å²) in [5.41, 5.74) is 1.30. The van der Waals surface area contributed by atoms with Crippen molar-refractivity contribution in [1.82, 2.24) is 10.5 Å². The SMILES string of the molecule is CCc1noc(CC(O)c2cccc(F)c2)c1C(=O)NC. The summed E-state index contributed by atoms with van der Waals surface area (Å²) in [5.74, 6) is -0.442. The zero-order valence-corrected chi connectivity index (χ0v) is 11.9. The lowest BCUT2D eigenvalue weighted by molar-refractivity contribution is 0.0958. The molecule has 0 saturated carbocycles. The zero-order chi connectivity index (χ0) is 15.4. The summed E-state index contributed by atoms with van der Waals surface area (Å²) in [6, 6.07) is 5.69. The zero-order valence-electron chi connectivity index (χ0n) is 11.9. The molecule has 1 atom stereocenters. The maximum absolute atomic E-state index is 13.2. The largest absolute Gasteiger partial charge is 0.388 e. The number of benzene rings is 1. The van der Waals surface area contributed by atoms with Crippen molar-refractivity contribution >= 4 is 5.91 Å². The van der Waals surface area contributed by atoms with Crippen LogP contribution in [0, 0.1) is 5.82 Å². The Morgan fingerprint density at radius 2 is 2.29 bits per heavy atom. The molecule has 6 heteroatoms. The number of aromatic nitrogens is 1. The Balaban J connectivity index is 2.27. The van der Waals surface area contributed by atoms with Crippen molar-refractivity contribution in [3.8, 4) is 0 Å². The Bertz CT molecular complexity index is 640. The number of carbonyl (C=O) groups is 1. The van der Waals surface area contributed by atoms with E-state index < -0.39 is 11.9 Å².